The third kappa shape index (κ3) is 7.25. The quantitative estimate of drug-likeness (QED) is 0.544. The highest BCUT2D eigenvalue weighted by atomic mass is 16.2. The van der Waals surface area contributed by atoms with Crippen LogP contribution >= 0.6 is 0 Å². The fourth-order valence-electron chi connectivity index (χ4n) is 2.24. The van der Waals surface area contributed by atoms with Crippen LogP contribution in [0.2, 0.25) is 0 Å². The molecular formula is C18H28N2O2. The predicted octanol–water partition coefficient (Wildman–Crippen LogP) is 2.99. The highest BCUT2D eigenvalue weighted by molar-refractivity contribution is 6.35. The van der Waals surface area contributed by atoms with Crippen molar-refractivity contribution in [1.29, 1.82) is 0 Å². The van der Waals surface area contributed by atoms with Crippen molar-refractivity contribution in [2.75, 3.05) is 13.1 Å². The first-order chi connectivity index (χ1) is 10.6. The Morgan fingerprint density at radius 1 is 0.955 bits per heavy atom. The van der Waals surface area contributed by atoms with E-state index in [1.54, 1.807) is 0 Å². The van der Waals surface area contributed by atoms with Gasteiger partial charge in [0.1, 0.15) is 0 Å². The van der Waals surface area contributed by atoms with Gasteiger partial charge in [-0.2, -0.15) is 0 Å². The number of carbonyl (C=O) groups excluding carboxylic acids is 2. The highest BCUT2D eigenvalue weighted by Crippen LogP contribution is 2.12. The molecule has 1 aromatic carbocycles. The molecule has 122 valence electrons. The third-order valence-electron chi connectivity index (χ3n) is 3.71. The zero-order valence-corrected chi connectivity index (χ0v) is 13.7. The van der Waals surface area contributed by atoms with Crippen molar-refractivity contribution in [3.05, 3.63) is 35.9 Å². The van der Waals surface area contributed by atoms with Crippen LogP contribution in [0.5, 0.6) is 0 Å². The van der Waals surface area contributed by atoms with Crippen LogP contribution in [-0.4, -0.2) is 24.9 Å². The van der Waals surface area contributed by atoms with E-state index < -0.39 is 11.8 Å². The van der Waals surface area contributed by atoms with Gasteiger partial charge in [0, 0.05) is 13.1 Å². The summed E-state index contributed by atoms with van der Waals surface area (Å²) in [6.45, 7) is 5.24. The molecule has 0 radical (unpaired) electrons. The van der Waals surface area contributed by atoms with Crippen LogP contribution in [0.15, 0.2) is 30.3 Å². The Balaban J connectivity index is 2.17. The Morgan fingerprint density at radius 2 is 1.59 bits per heavy atom. The molecule has 2 N–H and O–H groups in total. The van der Waals surface area contributed by atoms with E-state index in [-0.39, 0.29) is 5.92 Å². The monoisotopic (exact) mass is 304 g/mol. The maximum Gasteiger partial charge on any atom is 0.309 e. The van der Waals surface area contributed by atoms with Crippen molar-refractivity contribution in [3.8, 4) is 0 Å². The van der Waals surface area contributed by atoms with Crippen molar-refractivity contribution >= 4 is 11.8 Å². The molecule has 1 rings (SSSR count). The zero-order chi connectivity index (χ0) is 16.2. The van der Waals surface area contributed by atoms with Crippen LogP contribution < -0.4 is 10.6 Å². The summed E-state index contributed by atoms with van der Waals surface area (Å²) in [5, 5.41) is 5.36. The summed E-state index contributed by atoms with van der Waals surface area (Å²) in [5.74, 6) is -0.890. The second-order valence-corrected chi connectivity index (χ2v) is 5.69. The maximum absolute atomic E-state index is 11.7. The van der Waals surface area contributed by atoms with Crippen molar-refractivity contribution in [2.24, 2.45) is 0 Å². The summed E-state index contributed by atoms with van der Waals surface area (Å²) in [6.07, 6.45) is 5.65. The number of carbonyl (C=O) groups is 2. The number of amides is 2. The van der Waals surface area contributed by atoms with Gasteiger partial charge in [-0.3, -0.25) is 9.59 Å². The maximum atomic E-state index is 11.7. The molecule has 2 amide bonds. The van der Waals surface area contributed by atoms with E-state index in [1.807, 2.05) is 37.3 Å². The van der Waals surface area contributed by atoms with E-state index in [2.05, 4.69) is 17.6 Å². The van der Waals surface area contributed by atoms with Crippen LogP contribution in [0.4, 0.5) is 0 Å². The molecule has 0 saturated heterocycles. The fourth-order valence-corrected chi connectivity index (χ4v) is 2.24. The van der Waals surface area contributed by atoms with Gasteiger partial charge in [-0.25, -0.2) is 0 Å². The van der Waals surface area contributed by atoms with E-state index in [9.17, 15) is 9.59 Å². The van der Waals surface area contributed by atoms with Crippen LogP contribution in [0.25, 0.3) is 0 Å². The average molecular weight is 304 g/mol. The van der Waals surface area contributed by atoms with Crippen LogP contribution in [0, 0.1) is 0 Å². The Bertz CT molecular complexity index is 446. The number of hydrogen-bond acceptors (Lipinski definition) is 2. The molecule has 0 aliphatic carbocycles. The van der Waals surface area contributed by atoms with Gasteiger partial charge in [0.25, 0.3) is 0 Å². The summed E-state index contributed by atoms with van der Waals surface area (Å²) in [4.78, 5) is 23.4. The average Bonchev–Trinajstić information content (AvgIpc) is 2.56. The Morgan fingerprint density at radius 3 is 2.27 bits per heavy atom. The summed E-state index contributed by atoms with van der Waals surface area (Å²) < 4.78 is 0. The summed E-state index contributed by atoms with van der Waals surface area (Å²) in [7, 11) is 0. The molecule has 0 heterocycles. The Labute approximate surface area is 133 Å². The minimum absolute atomic E-state index is 0.187. The van der Waals surface area contributed by atoms with Crippen LogP contribution in [-0.2, 0) is 9.59 Å². The molecule has 0 bridgehead atoms. The SMILES string of the molecule is CCCCCCCNC(=O)C(=O)NC[C@H](C)c1ccccc1. The summed E-state index contributed by atoms with van der Waals surface area (Å²) in [5.41, 5.74) is 1.15. The summed E-state index contributed by atoms with van der Waals surface area (Å²) in [6, 6.07) is 9.95. The molecule has 0 aromatic heterocycles. The first kappa shape index (κ1) is 18.2. The van der Waals surface area contributed by atoms with Crippen molar-refractivity contribution in [1.82, 2.24) is 10.6 Å². The molecule has 4 heteroatoms. The molecule has 0 unspecified atom stereocenters. The van der Waals surface area contributed by atoms with E-state index in [0.29, 0.717) is 13.1 Å². The van der Waals surface area contributed by atoms with Gasteiger partial charge in [-0.15, -0.1) is 0 Å². The highest BCUT2D eigenvalue weighted by Gasteiger charge is 2.14. The first-order valence-electron chi connectivity index (χ1n) is 8.26. The van der Waals surface area contributed by atoms with E-state index in [1.165, 1.54) is 19.3 Å². The molecular weight excluding hydrogens is 276 g/mol. The van der Waals surface area contributed by atoms with Crippen molar-refractivity contribution < 1.29 is 9.59 Å². The van der Waals surface area contributed by atoms with Crippen molar-refractivity contribution in [2.45, 2.75) is 51.9 Å². The predicted molar refractivity (Wildman–Crippen MR) is 89.6 cm³/mol. The number of nitrogens with one attached hydrogen (secondary N) is 2. The normalized spacial score (nSPS) is 11.7. The van der Waals surface area contributed by atoms with E-state index in [0.717, 1.165) is 18.4 Å². The largest absolute Gasteiger partial charge is 0.348 e. The second kappa shape index (κ2) is 10.8. The van der Waals surface area contributed by atoms with Gasteiger partial charge < -0.3 is 10.6 Å². The Hall–Kier alpha value is -1.84. The smallest absolute Gasteiger partial charge is 0.309 e. The lowest BCUT2D eigenvalue weighted by atomic mass is 10.0. The molecule has 0 aliphatic heterocycles. The van der Waals surface area contributed by atoms with Crippen molar-refractivity contribution in [3.63, 3.8) is 0 Å². The van der Waals surface area contributed by atoms with Gasteiger partial charge >= 0.3 is 11.8 Å². The molecule has 0 spiro atoms. The van der Waals surface area contributed by atoms with Gasteiger partial charge in [0.05, 0.1) is 0 Å². The molecule has 1 aromatic rings. The Kier molecular flexibility index (Phi) is 8.96. The van der Waals surface area contributed by atoms with Gasteiger partial charge in [-0.1, -0.05) is 69.9 Å². The first-order valence-corrected chi connectivity index (χ1v) is 8.26. The molecule has 22 heavy (non-hydrogen) atoms. The lowest BCUT2D eigenvalue weighted by molar-refractivity contribution is -0.139. The number of unbranched alkanes of at least 4 members (excludes halogenated alkanes) is 4. The van der Waals surface area contributed by atoms with Gasteiger partial charge in [0.15, 0.2) is 0 Å². The minimum Gasteiger partial charge on any atom is -0.348 e. The minimum atomic E-state index is -0.545. The number of benzene rings is 1. The zero-order valence-electron chi connectivity index (χ0n) is 13.7. The third-order valence-corrected chi connectivity index (χ3v) is 3.71. The van der Waals surface area contributed by atoms with Crippen LogP contribution in [0.3, 0.4) is 0 Å². The van der Waals surface area contributed by atoms with Gasteiger partial charge in [0.2, 0.25) is 0 Å². The lowest BCUT2D eigenvalue weighted by Crippen LogP contribution is -2.41. The standard InChI is InChI=1S/C18H28N2O2/c1-3-4-5-6-10-13-19-17(21)18(22)20-14-15(2)16-11-8-7-9-12-16/h7-9,11-12,15H,3-6,10,13-14H2,1-2H3,(H,19,21)(H,20,22)/t15-/m0/s1. The van der Waals surface area contributed by atoms with E-state index >= 15 is 0 Å². The molecule has 1 atom stereocenters. The van der Waals surface area contributed by atoms with Gasteiger partial charge in [-0.05, 0) is 17.9 Å². The van der Waals surface area contributed by atoms with Crippen LogP contribution in [0.1, 0.15) is 57.4 Å². The second-order valence-electron chi connectivity index (χ2n) is 5.69. The fraction of sp³-hybridized carbons (Fsp3) is 0.556. The molecule has 4 nitrogen and oxygen atoms in total. The molecule has 0 aliphatic rings. The molecule has 0 saturated carbocycles. The number of rotatable bonds is 9. The summed E-state index contributed by atoms with van der Waals surface area (Å²) >= 11 is 0. The topological polar surface area (TPSA) is 58.2 Å². The van der Waals surface area contributed by atoms with E-state index in [4.69, 9.17) is 0 Å². The lowest BCUT2D eigenvalue weighted by Gasteiger charge is -2.13. The number of hydrogen-bond donors (Lipinski definition) is 2. The molecule has 0 fully saturated rings.